The Hall–Kier alpha value is -2.38. The second-order valence-corrected chi connectivity index (χ2v) is 7.60. The number of anilines is 1. The van der Waals surface area contributed by atoms with Crippen molar-refractivity contribution in [2.75, 3.05) is 19.0 Å². The van der Waals surface area contributed by atoms with Crippen LogP contribution >= 0.6 is 0 Å². The number of aromatic nitrogens is 1. The number of amides is 1. The number of ether oxygens (including phenoxy) is 1. The van der Waals surface area contributed by atoms with Gasteiger partial charge in [-0.25, -0.2) is 0 Å². The summed E-state index contributed by atoms with van der Waals surface area (Å²) < 4.78 is 10.2. The van der Waals surface area contributed by atoms with E-state index >= 15 is 0 Å². The lowest BCUT2D eigenvalue weighted by Crippen LogP contribution is -2.51. The zero-order valence-corrected chi connectivity index (χ0v) is 15.6. The summed E-state index contributed by atoms with van der Waals surface area (Å²) in [7, 11) is 1.63. The maximum atomic E-state index is 12.4. The number of carbonyl (C=O) groups is 1. The van der Waals surface area contributed by atoms with Crippen molar-refractivity contribution in [1.29, 1.82) is 0 Å². The highest BCUT2D eigenvalue weighted by atomic mass is 16.5. The van der Waals surface area contributed by atoms with Crippen LogP contribution in [0.2, 0.25) is 0 Å². The van der Waals surface area contributed by atoms with E-state index < -0.39 is 5.60 Å². The lowest BCUT2D eigenvalue weighted by molar-refractivity contribution is -0.121. The molecule has 2 saturated heterocycles. The molecule has 2 unspecified atom stereocenters. The van der Waals surface area contributed by atoms with E-state index in [1.807, 2.05) is 24.3 Å². The minimum atomic E-state index is -0.853. The maximum absolute atomic E-state index is 12.4. The number of nitrogens with one attached hydrogen (secondary N) is 1. The van der Waals surface area contributed by atoms with Gasteiger partial charge in [0.25, 0.3) is 0 Å². The van der Waals surface area contributed by atoms with Gasteiger partial charge in [-0.1, -0.05) is 17.3 Å². The van der Waals surface area contributed by atoms with Crippen LogP contribution in [-0.4, -0.2) is 46.8 Å². The van der Waals surface area contributed by atoms with Gasteiger partial charge in [-0.2, -0.15) is 0 Å². The van der Waals surface area contributed by atoms with Crippen molar-refractivity contribution in [3.05, 3.63) is 41.7 Å². The Morgan fingerprint density at radius 2 is 2.00 bits per heavy atom. The van der Waals surface area contributed by atoms with E-state index in [0.29, 0.717) is 31.0 Å². The van der Waals surface area contributed by atoms with Crippen LogP contribution in [0.1, 0.15) is 37.0 Å². The number of nitrogens with zero attached hydrogens (tertiary/aromatic N) is 2. The molecule has 1 amide bonds. The molecule has 144 valence electrons. The van der Waals surface area contributed by atoms with Crippen LogP contribution in [0.3, 0.4) is 0 Å². The molecular weight excluding hydrogens is 346 g/mol. The van der Waals surface area contributed by atoms with E-state index in [4.69, 9.17) is 9.26 Å². The third kappa shape index (κ3) is 3.57. The van der Waals surface area contributed by atoms with Gasteiger partial charge in [0.05, 0.1) is 19.3 Å². The summed E-state index contributed by atoms with van der Waals surface area (Å²) in [5.74, 6) is 1.78. The van der Waals surface area contributed by atoms with Crippen molar-refractivity contribution in [3.8, 4) is 5.75 Å². The van der Waals surface area contributed by atoms with Crippen LogP contribution in [-0.2, 0) is 10.4 Å². The molecule has 1 aromatic heterocycles. The molecule has 2 N–H and O–H groups in total. The number of fused-ring (bicyclic) bond motifs is 2. The maximum Gasteiger partial charge on any atom is 0.239 e. The molecule has 2 aliphatic rings. The summed E-state index contributed by atoms with van der Waals surface area (Å²) >= 11 is 0. The van der Waals surface area contributed by atoms with Crippen LogP contribution in [0, 0.1) is 6.92 Å². The molecule has 7 heteroatoms. The smallest absolute Gasteiger partial charge is 0.239 e. The molecule has 1 aromatic carbocycles. The Bertz CT molecular complexity index is 803. The average Bonchev–Trinajstić information content (AvgIpc) is 3.15. The fraction of sp³-hybridized carbons (Fsp3) is 0.500. The first-order chi connectivity index (χ1) is 13.0. The summed E-state index contributed by atoms with van der Waals surface area (Å²) in [5, 5.41) is 17.9. The van der Waals surface area contributed by atoms with Crippen LogP contribution in [0.4, 0.5) is 5.82 Å². The Morgan fingerprint density at radius 3 is 2.56 bits per heavy atom. The first-order valence-electron chi connectivity index (χ1n) is 9.33. The summed E-state index contributed by atoms with van der Waals surface area (Å²) in [4.78, 5) is 14.6. The third-order valence-corrected chi connectivity index (χ3v) is 5.77. The van der Waals surface area contributed by atoms with Crippen molar-refractivity contribution < 1.29 is 19.2 Å². The summed E-state index contributed by atoms with van der Waals surface area (Å²) in [5.41, 5.74) is 0.0660. The summed E-state index contributed by atoms with van der Waals surface area (Å²) in [6, 6.07) is 9.73. The molecule has 0 radical (unpaired) electrons. The molecule has 27 heavy (non-hydrogen) atoms. The van der Waals surface area contributed by atoms with Gasteiger partial charge in [0.15, 0.2) is 5.82 Å². The molecule has 2 bridgehead atoms. The highest BCUT2D eigenvalue weighted by molar-refractivity contribution is 5.91. The molecule has 2 aliphatic heterocycles. The van der Waals surface area contributed by atoms with Gasteiger partial charge in [0, 0.05) is 18.2 Å². The van der Waals surface area contributed by atoms with Crippen molar-refractivity contribution >= 4 is 11.7 Å². The Balaban J connectivity index is 1.42. The first-order valence-corrected chi connectivity index (χ1v) is 9.33. The van der Waals surface area contributed by atoms with Crippen molar-refractivity contribution in [3.63, 3.8) is 0 Å². The molecule has 2 atom stereocenters. The van der Waals surface area contributed by atoms with Crippen LogP contribution in [0.25, 0.3) is 0 Å². The monoisotopic (exact) mass is 371 g/mol. The van der Waals surface area contributed by atoms with Gasteiger partial charge in [0.2, 0.25) is 5.91 Å². The lowest BCUT2D eigenvalue weighted by atomic mass is 9.80. The Morgan fingerprint density at radius 1 is 1.33 bits per heavy atom. The standard InChI is InChI=1S/C20H25N3O4/c1-13-9-18(22-27-13)21-19(24)12-23-15-5-6-16(23)11-20(25,10-15)14-3-7-17(26-2)8-4-14/h3-4,7-9,15-16,25H,5-6,10-12H2,1-2H3,(H,21,22,24). The van der Waals surface area contributed by atoms with Crippen LogP contribution in [0.15, 0.2) is 34.9 Å². The molecular formula is C20H25N3O4. The second kappa shape index (κ2) is 6.98. The second-order valence-electron chi connectivity index (χ2n) is 7.60. The Kier molecular flexibility index (Phi) is 4.65. The SMILES string of the molecule is COc1ccc(C2(O)CC3CCC(C2)N3CC(=O)Nc2cc(C)on2)cc1. The summed E-state index contributed by atoms with van der Waals surface area (Å²) in [6.45, 7) is 2.09. The minimum Gasteiger partial charge on any atom is -0.497 e. The highest BCUT2D eigenvalue weighted by Crippen LogP contribution is 2.45. The van der Waals surface area contributed by atoms with Crippen molar-refractivity contribution in [1.82, 2.24) is 10.1 Å². The molecule has 0 saturated carbocycles. The number of carbonyl (C=O) groups excluding carboxylic acids is 1. The van der Waals surface area contributed by atoms with Crippen LogP contribution < -0.4 is 10.1 Å². The molecule has 2 fully saturated rings. The number of aliphatic hydroxyl groups is 1. The third-order valence-electron chi connectivity index (χ3n) is 5.77. The highest BCUT2D eigenvalue weighted by Gasteiger charge is 2.48. The molecule has 3 heterocycles. The predicted molar refractivity (Wildman–Crippen MR) is 99.5 cm³/mol. The number of methoxy groups -OCH3 is 1. The molecule has 7 nitrogen and oxygen atoms in total. The van der Waals surface area contributed by atoms with E-state index in [9.17, 15) is 9.90 Å². The van der Waals surface area contributed by atoms with E-state index in [1.54, 1.807) is 20.1 Å². The largest absolute Gasteiger partial charge is 0.497 e. The number of rotatable bonds is 5. The zero-order valence-electron chi connectivity index (χ0n) is 15.6. The molecule has 0 aliphatic carbocycles. The Labute approximate surface area is 158 Å². The number of hydrogen-bond acceptors (Lipinski definition) is 6. The topological polar surface area (TPSA) is 87.8 Å². The number of piperidine rings is 1. The lowest BCUT2D eigenvalue weighted by Gasteiger charge is -2.43. The first kappa shape index (κ1) is 18.0. The molecule has 2 aromatic rings. The number of aryl methyl sites for hydroxylation is 1. The molecule has 4 rings (SSSR count). The van der Waals surface area contributed by atoms with Gasteiger partial charge >= 0.3 is 0 Å². The summed E-state index contributed by atoms with van der Waals surface area (Å²) in [6.07, 6.45) is 3.26. The van der Waals surface area contributed by atoms with Gasteiger partial charge < -0.3 is 19.7 Å². The normalized spacial score (nSPS) is 27.5. The molecule has 0 spiro atoms. The van der Waals surface area contributed by atoms with E-state index in [0.717, 1.165) is 24.2 Å². The van der Waals surface area contributed by atoms with Crippen molar-refractivity contribution in [2.45, 2.75) is 50.3 Å². The zero-order chi connectivity index (χ0) is 19.0. The number of benzene rings is 1. The van der Waals surface area contributed by atoms with Crippen molar-refractivity contribution in [2.24, 2.45) is 0 Å². The van der Waals surface area contributed by atoms with Crippen LogP contribution in [0.5, 0.6) is 5.75 Å². The van der Waals surface area contributed by atoms with E-state index in [1.165, 1.54) is 0 Å². The fourth-order valence-electron chi connectivity index (χ4n) is 4.48. The fourth-order valence-corrected chi connectivity index (χ4v) is 4.48. The van der Waals surface area contributed by atoms with Gasteiger partial charge in [0.1, 0.15) is 11.5 Å². The van der Waals surface area contributed by atoms with E-state index in [-0.39, 0.29) is 18.0 Å². The average molecular weight is 371 g/mol. The van der Waals surface area contributed by atoms with Gasteiger partial charge in [-0.15, -0.1) is 0 Å². The number of hydrogen-bond donors (Lipinski definition) is 2. The quantitative estimate of drug-likeness (QED) is 0.839. The van der Waals surface area contributed by atoms with E-state index in [2.05, 4.69) is 15.4 Å². The van der Waals surface area contributed by atoms with Gasteiger partial charge in [-0.05, 0) is 50.3 Å². The van der Waals surface area contributed by atoms with Gasteiger partial charge in [-0.3, -0.25) is 9.69 Å². The minimum absolute atomic E-state index is 0.102. The predicted octanol–water partition coefficient (Wildman–Crippen LogP) is 2.44.